The molecule has 1 atom stereocenters. The molecular weight excluding hydrogens is 398 g/mol. The number of imide groups is 1. The van der Waals surface area contributed by atoms with Crippen LogP contribution in [-0.4, -0.2) is 35.0 Å². The molecule has 1 aliphatic heterocycles. The lowest BCUT2D eigenvalue weighted by Crippen LogP contribution is -2.31. The predicted octanol–water partition coefficient (Wildman–Crippen LogP) is 4.17. The van der Waals surface area contributed by atoms with E-state index in [2.05, 4.69) is 5.92 Å². The standard InChI is InChI=1S/C21H18ClNO4S/c1-3-9-27-19-16(22)10-15(11-17(19)26-2)12-18-20(24)23(21(25)28-18)13-14-7-5-4-6-8-14/h1,4-8,10-11,18H,9,12-13H2,2H3/t18-/m1/s1. The van der Waals surface area contributed by atoms with Crippen molar-refractivity contribution in [3.63, 3.8) is 0 Å². The monoisotopic (exact) mass is 415 g/mol. The number of rotatable bonds is 7. The molecule has 144 valence electrons. The van der Waals surface area contributed by atoms with E-state index in [1.807, 2.05) is 30.3 Å². The Bertz CT molecular complexity index is 926. The number of ether oxygens (including phenoxy) is 2. The van der Waals surface area contributed by atoms with Crippen LogP contribution in [0, 0.1) is 12.3 Å². The zero-order chi connectivity index (χ0) is 20.1. The Labute approximate surface area is 173 Å². The third kappa shape index (κ3) is 4.44. The molecule has 2 amide bonds. The van der Waals surface area contributed by atoms with Gasteiger partial charge in [0.05, 0.1) is 23.9 Å². The van der Waals surface area contributed by atoms with E-state index in [-0.39, 0.29) is 24.3 Å². The van der Waals surface area contributed by atoms with E-state index in [1.54, 1.807) is 12.1 Å². The van der Waals surface area contributed by atoms with E-state index in [9.17, 15) is 9.59 Å². The van der Waals surface area contributed by atoms with Crippen LogP contribution in [0.1, 0.15) is 11.1 Å². The third-order valence-corrected chi connectivity index (χ3v) is 5.55. The first-order valence-corrected chi connectivity index (χ1v) is 9.77. The van der Waals surface area contributed by atoms with Gasteiger partial charge in [0.1, 0.15) is 6.61 Å². The van der Waals surface area contributed by atoms with E-state index in [1.165, 1.54) is 12.0 Å². The number of hydrogen-bond donors (Lipinski definition) is 0. The number of hydrogen-bond acceptors (Lipinski definition) is 5. The summed E-state index contributed by atoms with van der Waals surface area (Å²) >= 11 is 7.32. The number of nitrogens with zero attached hydrogens (tertiary/aromatic N) is 1. The topological polar surface area (TPSA) is 55.8 Å². The Morgan fingerprint density at radius 1 is 1.21 bits per heavy atom. The normalized spacial score (nSPS) is 16.2. The number of methoxy groups -OCH3 is 1. The summed E-state index contributed by atoms with van der Waals surface area (Å²) in [5.41, 5.74) is 1.68. The van der Waals surface area contributed by atoms with Gasteiger partial charge in [-0.1, -0.05) is 59.6 Å². The molecular formula is C21H18ClNO4S. The van der Waals surface area contributed by atoms with Crippen molar-refractivity contribution in [2.45, 2.75) is 18.2 Å². The fraction of sp³-hybridized carbons (Fsp3) is 0.238. The fourth-order valence-corrected chi connectivity index (χ4v) is 4.21. The van der Waals surface area contributed by atoms with Crippen LogP contribution in [0.15, 0.2) is 42.5 Å². The van der Waals surface area contributed by atoms with Crippen molar-refractivity contribution in [3.05, 3.63) is 58.6 Å². The minimum Gasteiger partial charge on any atom is -0.493 e. The molecule has 1 heterocycles. The van der Waals surface area contributed by atoms with Gasteiger partial charge in [-0.25, -0.2) is 0 Å². The van der Waals surface area contributed by atoms with Crippen molar-refractivity contribution in [1.82, 2.24) is 4.90 Å². The SMILES string of the molecule is C#CCOc1c(Cl)cc(C[C@H]2SC(=O)N(Cc3ccccc3)C2=O)cc1OC. The number of carbonyl (C=O) groups is 2. The number of carbonyl (C=O) groups excluding carboxylic acids is 2. The second kappa shape index (κ2) is 9.05. The number of halogens is 1. The molecule has 2 aromatic carbocycles. The lowest BCUT2D eigenvalue weighted by Gasteiger charge is -2.15. The van der Waals surface area contributed by atoms with Gasteiger partial charge >= 0.3 is 0 Å². The molecule has 5 nitrogen and oxygen atoms in total. The molecule has 2 aromatic rings. The molecule has 0 radical (unpaired) electrons. The highest BCUT2D eigenvalue weighted by Gasteiger charge is 2.39. The summed E-state index contributed by atoms with van der Waals surface area (Å²) in [6.07, 6.45) is 5.57. The highest BCUT2D eigenvalue weighted by Crippen LogP contribution is 2.38. The van der Waals surface area contributed by atoms with E-state index < -0.39 is 5.25 Å². The van der Waals surface area contributed by atoms with Gasteiger partial charge in [0.25, 0.3) is 5.24 Å². The zero-order valence-corrected chi connectivity index (χ0v) is 16.8. The summed E-state index contributed by atoms with van der Waals surface area (Å²) in [4.78, 5) is 26.4. The van der Waals surface area contributed by atoms with E-state index >= 15 is 0 Å². The van der Waals surface area contributed by atoms with Gasteiger partial charge in [0.15, 0.2) is 11.5 Å². The molecule has 0 aromatic heterocycles. The van der Waals surface area contributed by atoms with Crippen LogP contribution in [0.5, 0.6) is 11.5 Å². The van der Waals surface area contributed by atoms with Crippen LogP contribution in [0.3, 0.4) is 0 Å². The van der Waals surface area contributed by atoms with Crippen molar-refractivity contribution >= 4 is 34.5 Å². The lowest BCUT2D eigenvalue weighted by atomic mass is 10.1. The van der Waals surface area contributed by atoms with E-state index in [4.69, 9.17) is 27.5 Å². The van der Waals surface area contributed by atoms with Crippen LogP contribution in [0.2, 0.25) is 5.02 Å². The van der Waals surface area contributed by atoms with Gasteiger partial charge in [-0.3, -0.25) is 14.5 Å². The maximum Gasteiger partial charge on any atom is 0.289 e. The Kier molecular flexibility index (Phi) is 6.50. The van der Waals surface area contributed by atoms with Crippen molar-refractivity contribution in [3.8, 4) is 23.8 Å². The predicted molar refractivity (Wildman–Crippen MR) is 110 cm³/mol. The lowest BCUT2D eigenvalue weighted by molar-refractivity contribution is -0.127. The van der Waals surface area contributed by atoms with Crippen LogP contribution in [-0.2, 0) is 17.8 Å². The minimum atomic E-state index is -0.505. The first-order valence-electron chi connectivity index (χ1n) is 8.52. The third-order valence-electron chi connectivity index (χ3n) is 4.20. The summed E-state index contributed by atoms with van der Waals surface area (Å²) in [7, 11) is 1.50. The molecule has 0 aliphatic carbocycles. The molecule has 1 fully saturated rings. The Hall–Kier alpha value is -2.62. The summed E-state index contributed by atoms with van der Waals surface area (Å²) in [6, 6.07) is 12.9. The van der Waals surface area contributed by atoms with Gasteiger partial charge in [-0.2, -0.15) is 0 Å². The van der Waals surface area contributed by atoms with Crippen LogP contribution in [0.25, 0.3) is 0 Å². The van der Waals surface area contributed by atoms with Crippen molar-refractivity contribution in [2.24, 2.45) is 0 Å². The second-order valence-electron chi connectivity index (χ2n) is 6.09. The van der Waals surface area contributed by atoms with E-state index in [0.717, 1.165) is 22.9 Å². The Balaban J connectivity index is 1.75. The molecule has 7 heteroatoms. The number of amides is 2. The largest absolute Gasteiger partial charge is 0.493 e. The van der Waals surface area contributed by atoms with Gasteiger partial charge < -0.3 is 9.47 Å². The first kappa shape index (κ1) is 20.1. The van der Waals surface area contributed by atoms with Crippen molar-refractivity contribution in [1.29, 1.82) is 0 Å². The second-order valence-corrected chi connectivity index (χ2v) is 7.65. The van der Waals surface area contributed by atoms with E-state index in [0.29, 0.717) is 22.9 Å². The molecule has 0 spiro atoms. The molecule has 1 aliphatic rings. The van der Waals surface area contributed by atoms with Crippen molar-refractivity contribution in [2.75, 3.05) is 13.7 Å². The highest BCUT2D eigenvalue weighted by molar-refractivity contribution is 8.15. The molecule has 0 saturated carbocycles. The average molecular weight is 416 g/mol. The fourth-order valence-electron chi connectivity index (χ4n) is 2.90. The van der Waals surface area contributed by atoms with Crippen molar-refractivity contribution < 1.29 is 19.1 Å². The smallest absolute Gasteiger partial charge is 0.289 e. The Morgan fingerprint density at radius 3 is 2.64 bits per heavy atom. The van der Waals surface area contributed by atoms with Crippen LogP contribution < -0.4 is 9.47 Å². The molecule has 1 saturated heterocycles. The number of terminal acetylenes is 1. The summed E-state index contributed by atoms with van der Waals surface area (Å²) in [6.45, 7) is 0.334. The van der Waals surface area contributed by atoms with Gasteiger partial charge in [0, 0.05) is 0 Å². The molecule has 0 bridgehead atoms. The minimum absolute atomic E-state index is 0.0648. The first-order chi connectivity index (χ1) is 13.5. The van der Waals surface area contributed by atoms with Crippen LogP contribution in [0.4, 0.5) is 4.79 Å². The zero-order valence-electron chi connectivity index (χ0n) is 15.2. The molecule has 28 heavy (non-hydrogen) atoms. The van der Waals surface area contributed by atoms with Crippen LogP contribution >= 0.6 is 23.4 Å². The quantitative estimate of drug-likeness (QED) is 0.635. The number of benzene rings is 2. The molecule has 0 N–H and O–H groups in total. The summed E-state index contributed by atoms with van der Waals surface area (Å²) in [5.74, 6) is 2.96. The molecule has 3 rings (SSSR count). The summed E-state index contributed by atoms with van der Waals surface area (Å²) in [5, 5.41) is -0.409. The Morgan fingerprint density at radius 2 is 1.96 bits per heavy atom. The summed E-state index contributed by atoms with van der Waals surface area (Å²) < 4.78 is 10.8. The maximum absolute atomic E-state index is 12.7. The van der Waals surface area contributed by atoms with Gasteiger partial charge in [0.2, 0.25) is 5.91 Å². The molecule has 0 unspecified atom stereocenters. The maximum atomic E-state index is 12.7. The average Bonchev–Trinajstić information content (AvgIpc) is 2.95. The van der Waals surface area contributed by atoms with Gasteiger partial charge in [-0.15, -0.1) is 6.42 Å². The van der Waals surface area contributed by atoms with Gasteiger partial charge in [-0.05, 0) is 29.7 Å². The number of thioether (sulfide) groups is 1. The highest BCUT2D eigenvalue weighted by atomic mass is 35.5.